The zero-order chi connectivity index (χ0) is 14.8. The van der Waals surface area contributed by atoms with Crippen LogP contribution in [-0.4, -0.2) is 19.6 Å². The van der Waals surface area contributed by atoms with E-state index in [1.807, 2.05) is 44.3 Å². The molecule has 0 atom stereocenters. The van der Waals surface area contributed by atoms with Crippen molar-refractivity contribution in [1.82, 2.24) is 19.6 Å². The summed E-state index contributed by atoms with van der Waals surface area (Å²) in [7, 11) is 1.84. The molecule has 6 heteroatoms. The van der Waals surface area contributed by atoms with Crippen LogP contribution in [0.5, 0.6) is 11.6 Å². The Morgan fingerprint density at radius 3 is 2.62 bits per heavy atom. The van der Waals surface area contributed by atoms with E-state index in [1.165, 1.54) is 0 Å². The van der Waals surface area contributed by atoms with Crippen molar-refractivity contribution < 1.29 is 4.74 Å². The number of halogens is 1. The van der Waals surface area contributed by atoms with Crippen molar-refractivity contribution in [2.45, 2.75) is 12.8 Å². The maximum Gasteiger partial charge on any atom is 0.227 e. The fourth-order valence-corrected chi connectivity index (χ4v) is 2.41. The van der Waals surface area contributed by atoms with E-state index in [4.69, 9.17) is 16.3 Å². The van der Waals surface area contributed by atoms with E-state index in [0.717, 1.165) is 16.9 Å². The van der Waals surface area contributed by atoms with Crippen LogP contribution in [0.1, 0.15) is 11.3 Å². The van der Waals surface area contributed by atoms with Crippen molar-refractivity contribution in [2.24, 2.45) is 7.05 Å². The van der Waals surface area contributed by atoms with Crippen LogP contribution in [0, 0.1) is 6.92 Å². The van der Waals surface area contributed by atoms with Gasteiger partial charge < -0.3 is 4.74 Å². The average molecular weight is 303 g/mol. The quantitative estimate of drug-likeness (QED) is 0.693. The summed E-state index contributed by atoms with van der Waals surface area (Å²) in [5.74, 6) is 1.62. The van der Waals surface area contributed by atoms with Crippen LogP contribution >= 0.6 is 11.6 Å². The molecule has 5 nitrogen and oxygen atoms in total. The van der Waals surface area contributed by atoms with Crippen LogP contribution in [0.2, 0.25) is 0 Å². The van der Waals surface area contributed by atoms with Crippen molar-refractivity contribution in [3.8, 4) is 17.3 Å². The maximum atomic E-state index is 6.06. The first-order valence-electron chi connectivity index (χ1n) is 6.55. The summed E-state index contributed by atoms with van der Waals surface area (Å²) in [5.41, 5.74) is 2.66. The predicted molar refractivity (Wildman–Crippen MR) is 81.1 cm³/mol. The minimum atomic E-state index is 0.342. The second-order valence-electron chi connectivity index (χ2n) is 4.70. The van der Waals surface area contributed by atoms with Gasteiger partial charge in [0.2, 0.25) is 5.88 Å². The third-order valence-corrected chi connectivity index (χ3v) is 3.43. The molecule has 3 aromatic rings. The number of rotatable bonds is 4. The predicted octanol–water partition coefficient (Wildman–Crippen LogP) is 3.45. The van der Waals surface area contributed by atoms with Gasteiger partial charge in [0.1, 0.15) is 0 Å². The SMILES string of the molecule is Cc1nn(-c2ccccc2)c(Oc2cnn(C)c2)c1CCl. The molecule has 0 amide bonds. The normalized spacial score (nSPS) is 10.8. The zero-order valence-corrected chi connectivity index (χ0v) is 12.6. The van der Waals surface area contributed by atoms with Crippen LogP contribution in [0.3, 0.4) is 0 Å². The van der Waals surface area contributed by atoms with Gasteiger partial charge in [-0.3, -0.25) is 4.68 Å². The molecular weight excluding hydrogens is 288 g/mol. The Morgan fingerprint density at radius 2 is 2.00 bits per heavy atom. The molecule has 0 unspecified atom stereocenters. The molecule has 0 aliphatic rings. The number of hydrogen-bond acceptors (Lipinski definition) is 3. The number of nitrogens with zero attached hydrogens (tertiary/aromatic N) is 4. The Hall–Kier alpha value is -2.27. The molecule has 0 N–H and O–H groups in total. The summed E-state index contributed by atoms with van der Waals surface area (Å²) >= 11 is 6.06. The molecule has 0 saturated heterocycles. The third-order valence-electron chi connectivity index (χ3n) is 3.17. The molecule has 0 radical (unpaired) electrons. The summed E-state index contributed by atoms with van der Waals surface area (Å²) in [6, 6.07) is 9.83. The van der Waals surface area contributed by atoms with Crippen LogP contribution in [0.25, 0.3) is 5.69 Å². The van der Waals surface area contributed by atoms with E-state index < -0.39 is 0 Å². The van der Waals surface area contributed by atoms with Gasteiger partial charge in [0, 0.05) is 7.05 Å². The van der Waals surface area contributed by atoms with Gasteiger partial charge in [0.15, 0.2) is 5.75 Å². The molecular formula is C15H15ClN4O. The van der Waals surface area contributed by atoms with Crippen molar-refractivity contribution in [3.05, 3.63) is 54.0 Å². The lowest BCUT2D eigenvalue weighted by Crippen LogP contribution is -2.00. The number of para-hydroxylation sites is 1. The van der Waals surface area contributed by atoms with Crippen molar-refractivity contribution in [1.29, 1.82) is 0 Å². The van der Waals surface area contributed by atoms with Crippen molar-refractivity contribution in [2.75, 3.05) is 0 Å². The highest BCUT2D eigenvalue weighted by molar-refractivity contribution is 6.17. The molecule has 2 aromatic heterocycles. The molecule has 2 heterocycles. The van der Waals surface area contributed by atoms with Gasteiger partial charge in [-0.2, -0.15) is 10.2 Å². The number of aryl methyl sites for hydroxylation is 2. The molecule has 0 spiro atoms. The number of aromatic nitrogens is 4. The molecule has 0 aliphatic carbocycles. The lowest BCUT2D eigenvalue weighted by atomic mass is 10.3. The van der Waals surface area contributed by atoms with E-state index in [2.05, 4.69) is 10.2 Å². The van der Waals surface area contributed by atoms with Gasteiger partial charge in [-0.1, -0.05) is 18.2 Å². The Bertz CT molecular complexity index is 748. The zero-order valence-electron chi connectivity index (χ0n) is 11.8. The molecule has 0 fully saturated rings. The van der Waals surface area contributed by atoms with Gasteiger partial charge in [0.05, 0.1) is 35.2 Å². The Morgan fingerprint density at radius 1 is 1.24 bits per heavy atom. The van der Waals surface area contributed by atoms with Gasteiger partial charge in [-0.15, -0.1) is 11.6 Å². The van der Waals surface area contributed by atoms with E-state index in [1.54, 1.807) is 21.8 Å². The fraction of sp³-hybridized carbons (Fsp3) is 0.200. The summed E-state index contributed by atoms with van der Waals surface area (Å²) in [6.45, 7) is 1.92. The largest absolute Gasteiger partial charge is 0.435 e. The Balaban J connectivity index is 2.08. The first-order valence-corrected chi connectivity index (χ1v) is 7.09. The minimum absolute atomic E-state index is 0.342. The van der Waals surface area contributed by atoms with E-state index in [9.17, 15) is 0 Å². The highest BCUT2D eigenvalue weighted by atomic mass is 35.5. The van der Waals surface area contributed by atoms with Crippen molar-refractivity contribution in [3.63, 3.8) is 0 Å². The third kappa shape index (κ3) is 2.64. The highest BCUT2D eigenvalue weighted by Crippen LogP contribution is 2.31. The van der Waals surface area contributed by atoms with Gasteiger partial charge >= 0.3 is 0 Å². The molecule has 0 saturated carbocycles. The second kappa shape index (κ2) is 5.61. The first kappa shape index (κ1) is 13.7. The van der Waals surface area contributed by atoms with E-state index in [0.29, 0.717) is 17.5 Å². The molecule has 0 aliphatic heterocycles. The van der Waals surface area contributed by atoms with E-state index >= 15 is 0 Å². The maximum absolute atomic E-state index is 6.06. The average Bonchev–Trinajstić information content (AvgIpc) is 3.04. The van der Waals surface area contributed by atoms with Crippen LogP contribution < -0.4 is 4.74 Å². The smallest absolute Gasteiger partial charge is 0.227 e. The molecule has 1 aromatic carbocycles. The Kier molecular flexibility index (Phi) is 3.66. The first-order chi connectivity index (χ1) is 10.2. The number of alkyl halides is 1. The summed E-state index contributed by atoms with van der Waals surface area (Å²) in [4.78, 5) is 0. The topological polar surface area (TPSA) is 44.9 Å². The van der Waals surface area contributed by atoms with Crippen LogP contribution in [0.15, 0.2) is 42.7 Å². The Labute approximate surface area is 127 Å². The lowest BCUT2D eigenvalue weighted by molar-refractivity contribution is 0.440. The summed E-state index contributed by atoms with van der Waals surface area (Å²) in [6.07, 6.45) is 3.46. The van der Waals surface area contributed by atoms with Crippen LogP contribution in [0.4, 0.5) is 0 Å². The summed E-state index contributed by atoms with van der Waals surface area (Å²) < 4.78 is 9.41. The number of hydrogen-bond donors (Lipinski definition) is 0. The summed E-state index contributed by atoms with van der Waals surface area (Å²) in [5, 5.41) is 8.64. The second-order valence-corrected chi connectivity index (χ2v) is 4.97. The minimum Gasteiger partial charge on any atom is -0.435 e. The van der Waals surface area contributed by atoms with Gasteiger partial charge in [-0.25, -0.2) is 4.68 Å². The number of ether oxygens (including phenoxy) is 1. The van der Waals surface area contributed by atoms with Crippen molar-refractivity contribution >= 4 is 11.6 Å². The van der Waals surface area contributed by atoms with Crippen LogP contribution in [-0.2, 0) is 12.9 Å². The molecule has 21 heavy (non-hydrogen) atoms. The standard InChI is InChI=1S/C15H15ClN4O/c1-11-14(8-16)15(21-13-9-17-19(2)10-13)20(18-11)12-6-4-3-5-7-12/h3-7,9-10H,8H2,1-2H3. The number of benzene rings is 1. The molecule has 108 valence electrons. The van der Waals surface area contributed by atoms with Gasteiger partial charge in [0.25, 0.3) is 0 Å². The van der Waals surface area contributed by atoms with E-state index in [-0.39, 0.29) is 0 Å². The fourth-order valence-electron chi connectivity index (χ4n) is 2.10. The molecule has 0 bridgehead atoms. The van der Waals surface area contributed by atoms with Gasteiger partial charge in [-0.05, 0) is 19.1 Å². The monoisotopic (exact) mass is 302 g/mol. The lowest BCUT2D eigenvalue weighted by Gasteiger charge is -2.08. The molecule has 3 rings (SSSR count). The highest BCUT2D eigenvalue weighted by Gasteiger charge is 2.18.